The van der Waals surface area contributed by atoms with E-state index in [2.05, 4.69) is 0 Å². The first-order valence-electron chi connectivity index (χ1n) is 5.82. The van der Waals surface area contributed by atoms with Crippen molar-refractivity contribution in [3.63, 3.8) is 0 Å². The minimum atomic E-state index is -3.88. The zero-order valence-electron chi connectivity index (χ0n) is 10.9. The average molecular weight is 327 g/mol. The van der Waals surface area contributed by atoms with Gasteiger partial charge in [-0.25, -0.2) is 8.42 Å². The second kappa shape index (κ2) is 5.71. The van der Waals surface area contributed by atoms with Crippen LogP contribution in [0.1, 0.15) is 0 Å². The zero-order chi connectivity index (χ0) is 15.6. The molecule has 0 unspecified atom stereocenters. The lowest BCUT2D eigenvalue weighted by Gasteiger charge is -2.19. The summed E-state index contributed by atoms with van der Waals surface area (Å²) in [6.07, 6.45) is 0. The number of sulfonamides is 1. The molecule has 0 atom stereocenters. The number of hydrogen-bond donors (Lipinski definition) is 0. The van der Waals surface area contributed by atoms with E-state index >= 15 is 0 Å². The van der Waals surface area contributed by atoms with E-state index in [1.165, 1.54) is 31.3 Å². The molecule has 8 heteroatoms. The molecule has 0 aromatic heterocycles. The number of halogens is 1. The fraction of sp³-hybridized carbons (Fsp3) is 0.0769. The van der Waals surface area contributed by atoms with Crippen LogP contribution in [0.5, 0.6) is 0 Å². The zero-order valence-corrected chi connectivity index (χ0v) is 12.5. The molecule has 110 valence electrons. The molecule has 0 N–H and O–H groups in total. The molecule has 0 spiro atoms. The Bertz CT molecular complexity index is 778. The molecule has 6 nitrogen and oxygen atoms in total. The molecule has 2 rings (SSSR count). The quantitative estimate of drug-likeness (QED) is 0.638. The van der Waals surface area contributed by atoms with E-state index in [1.807, 2.05) is 0 Å². The minimum absolute atomic E-state index is 0.0479. The van der Waals surface area contributed by atoms with Crippen molar-refractivity contribution in [1.29, 1.82) is 0 Å². The lowest BCUT2D eigenvalue weighted by atomic mass is 10.3. The van der Waals surface area contributed by atoms with E-state index in [1.54, 1.807) is 18.2 Å². The van der Waals surface area contributed by atoms with Gasteiger partial charge in [0.1, 0.15) is 5.69 Å². The van der Waals surface area contributed by atoms with Crippen LogP contribution < -0.4 is 4.31 Å². The maximum Gasteiger partial charge on any atom is 0.295 e. The smallest absolute Gasteiger partial charge is 0.262 e. The van der Waals surface area contributed by atoms with Crippen molar-refractivity contribution in [1.82, 2.24) is 0 Å². The molecule has 0 aliphatic heterocycles. The number of nitro groups is 1. The predicted octanol–water partition coefficient (Wildman–Crippen LogP) is 3.07. The van der Waals surface area contributed by atoms with Crippen molar-refractivity contribution in [3.8, 4) is 0 Å². The van der Waals surface area contributed by atoms with Crippen LogP contribution in [0.2, 0.25) is 5.02 Å². The molecular formula is C13H11ClN2O4S. The summed E-state index contributed by atoms with van der Waals surface area (Å²) >= 11 is 5.72. The first-order valence-corrected chi connectivity index (χ1v) is 7.64. The summed E-state index contributed by atoms with van der Waals surface area (Å²) in [7, 11) is -2.61. The largest absolute Gasteiger partial charge is 0.295 e. The Morgan fingerprint density at radius 1 is 1.14 bits per heavy atom. The molecule has 0 amide bonds. The average Bonchev–Trinajstić information content (AvgIpc) is 2.47. The molecule has 0 saturated carbocycles. The van der Waals surface area contributed by atoms with Gasteiger partial charge in [0.25, 0.3) is 15.7 Å². The van der Waals surface area contributed by atoms with Gasteiger partial charge >= 0.3 is 0 Å². The van der Waals surface area contributed by atoms with Crippen molar-refractivity contribution in [2.45, 2.75) is 4.90 Å². The van der Waals surface area contributed by atoms with Gasteiger partial charge < -0.3 is 0 Å². The van der Waals surface area contributed by atoms with Crippen LogP contribution in [-0.2, 0) is 10.0 Å². The third-order valence-electron chi connectivity index (χ3n) is 2.88. The molecule has 0 aliphatic rings. The van der Waals surface area contributed by atoms with Crippen LogP contribution in [0.25, 0.3) is 0 Å². The molecule has 2 aromatic carbocycles. The Morgan fingerprint density at radius 2 is 1.76 bits per heavy atom. The van der Waals surface area contributed by atoms with Crippen LogP contribution in [0.3, 0.4) is 0 Å². The Hall–Kier alpha value is -2.12. The van der Waals surface area contributed by atoms with E-state index in [9.17, 15) is 18.5 Å². The van der Waals surface area contributed by atoms with Gasteiger partial charge in [0.15, 0.2) is 0 Å². The molecule has 0 bridgehead atoms. The summed E-state index contributed by atoms with van der Waals surface area (Å²) in [4.78, 5) is 10.5. The maximum absolute atomic E-state index is 12.5. The molecular weight excluding hydrogens is 316 g/mol. The SMILES string of the molecule is CN(c1ccc(Cl)cc1[N+](=O)[O-])S(=O)(=O)c1ccccc1. The highest BCUT2D eigenvalue weighted by Gasteiger charge is 2.27. The Morgan fingerprint density at radius 3 is 2.33 bits per heavy atom. The molecule has 0 heterocycles. The van der Waals surface area contributed by atoms with Crippen LogP contribution in [0.15, 0.2) is 53.4 Å². The highest BCUT2D eigenvalue weighted by atomic mass is 35.5. The predicted molar refractivity (Wildman–Crippen MR) is 80.1 cm³/mol. The van der Waals surface area contributed by atoms with Gasteiger partial charge in [0.05, 0.1) is 9.82 Å². The fourth-order valence-electron chi connectivity index (χ4n) is 1.79. The molecule has 0 fully saturated rings. The first kappa shape index (κ1) is 15.3. The number of rotatable bonds is 4. The molecule has 21 heavy (non-hydrogen) atoms. The second-order valence-electron chi connectivity index (χ2n) is 4.18. The lowest BCUT2D eigenvalue weighted by Crippen LogP contribution is -2.27. The van der Waals surface area contributed by atoms with Crippen molar-refractivity contribution >= 4 is 33.0 Å². The number of hydrogen-bond acceptors (Lipinski definition) is 4. The highest BCUT2D eigenvalue weighted by molar-refractivity contribution is 7.92. The van der Waals surface area contributed by atoms with Gasteiger partial charge in [-0.2, -0.15) is 0 Å². The standard InChI is InChI=1S/C13H11ClN2O4S/c1-15(21(19,20)11-5-3-2-4-6-11)12-8-7-10(14)9-13(12)16(17)18/h2-9H,1H3. The van der Waals surface area contributed by atoms with Crippen LogP contribution in [0, 0.1) is 10.1 Å². The third-order valence-corrected chi connectivity index (χ3v) is 4.90. The highest BCUT2D eigenvalue weighted by Crippen LogP contribution is 2.33. The van der Waals surface area contributed by atoms with E-state index in [0.29, 0.717) is 0 Å². The maximum atomic E-state index is 12.5. The Kier molecular flexibility index (Phi) is 4.15. The van der Waals surface area contributed by atoms with Crippen LogP contribution >= 0.6 is 11.6 Å². The van der Waals surface area contributed by atoms with Gasteiger partial charge in [-0.05, 0) is 24.3 Å². The number of benzene rings is 2. The Labute approximate surface area is 126 Å². The topological polar surface area (TPSA) is 80.5 Å². The van der Waals surface area contributed by atoms with Gasteiger partial charge in [0.2, 0.25) is 0 Å². The van der Waals surface area contributed by atoms with Gasteiger partial charge in [-0.1, -0.05) is 29.8 Å². The molecule has 0 radical (unpaired) electrons. The summed E-state index contributed by atoms with van der Waals surface area (Å²) in [6.45, 7) is 0. The minimum Gasteiger partial charge on any atom is -0.262 e. The van der Waals surface area contributed by atoms with E-state index in [0.717, 1.165) is 10.4 Å². The number of nitrogens with zero attached hydrogens (tertiary/aromatic N) is 2. The number of nitro benzene ring substituents is 1. The molecule has 0 saturated heterocycles. The summed E-state index contributed by atoms with van der Waals surface area (Å²) < 4.78 is 25.8. The van der Waals surface area contributed by atoms with Crippen molar-refractivity contribution < 1.29 is 13.3 Å². The normalized spacial score (nSPS) is 11.1. The van der Waals surface area contributed by atoms with Crippen LogP contribution in [0.4, 0.5) is 11.4 Å². The summed E-state index contributed by atoms with van der Waals surface area (Å²) in [5, 5.41) is 11.2. The monoisotopic (exact) mass is 326 g/mol. The Balaban J connectivity index is 2.55. The number of anilines is 1. The van der Waals surface area contributed by atoms with Gasteiger partial charge in [-0.15, -0.1) is 0 Å². The van der Waals surface area contributed by atoms with Crippen LogP contribution in [-0.4, -0.2) is 20.4 Å². The fourth-order valence-corrected chi connectivity index (χ4v) is 3.19. The van der Waals surface area contributed by atoms with Crippen molar-refractivity contribution in [2.75, 3.05) is 11.4 Å². The third kappa shape index (κ3) is 2.98. The second-order valence-corrected chi connectivity index (χ2v) is 6.58. The van der Waals surface area contributed by atoms with Gasteiger partial charge in [0, 0.05) is 18.1 Å². The van der Waals surface area contributed by atoms with Crippen molar-refractivity contribution in [3.05, 3.63) is 63.7 Å². The lowest BCUT2D eigenvalue weighted by molar-refractivity contribution is -0.384. The van der Waals surface area contributed by atoms with E-state index in [4.69, 9.17) is 11.6 Å². The van der Waals surface area contributed by atoms with E-state index < -0.39 is 14.9 Å². The van der Waals surface area contributed by atoms with Gasteiger partial charge in [-0.3, -0.25) is 14.4 Å². The first-order chi connectivity index (χ1) is 9.84. The van der Waals surface area contributed by atoms with Crippen molar-refractivity contribution in [2.24, 2.45) is 0 Å². The molecule has 2 aromatic rings. The summed E-state index contributed by atoms with van der Waals surface area (Å²) in [6, 6.07) is 11.5. The van der Waals surface area contributed by atoms with E-state index in [-0.39, 0.29) is 21.3 Å². The summed E-state index contributed by atoms with van der Waals surface area (Å²) in [5.41, 5.74) is -0.419. The summed E-state index contributed by atoms with van der Waals surface area (Å²) in [5.74, 6) is 0. The molecule has 0 aliphatic carbocycles.